The lowest BCUT2D eigenvalue weighted by Gasteiger charge is -2.09. The van der Waals surface area contributed by atoms with Crippen LogP contribution in [0.2, 0.25) is 0 Å². The Bertz CT molecular complexity index is 631. The zero-order chi connectivity index (χ0) is 14.1. The van der Waals surface area contributed by atoms with Gasteiger partial charge in [-0.2, -0.15) is 5.10 Å². The molecule has 0 bridgehead atoms. The third-order valence-electron chi connectivity index (χ3n) is 4.05. The summed E-state index contributed by atoms with van der Waals surface area (Å²) in [6.07, 6.45) is 3.72. The predicted octanol–water partition coefficient (Wildman–Crippen LogP) is 2.84. The van der Waals surface area contributed by atoms with Gasteiger partial charge in [0.15, 0.2) is 0 Å². The number of nitrogens with zero attached hydrogens (tertiary/aromatic N) is 2. The van der Waals surface area contributed by atoms with E-state index in [1.807, 2.05) is 14.0 Å². The zero-order valence-electron chi connectivity index (χ0n) is 12.4. The first kappa shape index (κ1) is 13.0. The molecule has 0 radical (unpaired) electrons. The molecule has 1 aliphatic carbocycles. The molecule has 1 aliphatic rings. The highest BCUT2D eigenvalue weighted by Gasteiger charge is 2.14. The number of hydrogen-bond donors (Lipinski definition) is 1. The van der Waals surface area contributed by atoms with Crippen LogP contribution in [0, 0.1) is 6.92 Å². The van der Waals surface area contributed by atoms with Crippen LogP contribution < -0.4 is 10.1 Å². The Labute approximate surface area is 119 Å². The maximum atomic E-state index is 5.42. The molecule has 0 unspecified atom stereocenters. The average Bonchev–Trinajstić information content (AvgIpc) is 2.99. The minimum atomic E-state index is 0.738. The van der Waals surface area contributed by atoms with Gasteiger partial charge < -0.3 is 10.1 Å². The Balaban J connectivity index is 1.77. The molecule has 3 rings (SSSR count). The predicted molar refractivity (Wildman–Crippen MR) is 80.3 cm³/mol. The lowest BCUT2D eigenvalue weighted by Crippen LogP contribution is -2.03. The second-order valence-corrected chi connectivity index (χ2v) is 5.39. The third-order valence-corrected chi connectivity index (χ3v) is 4.05. The van der Waals surface area contributed by atoms with Crippen LogP contribution in [0.25, 0.3) is 0 Å². The van der Waals surface area contributed by atoms with E-state index in [0.717, 1.165) is 23.7 Å². The van der Waals surface area contributed by atoms with Crippen LogP contribution in [-0.2, 0) is 26.4 Å². The minimum Gasteiger partial charge on any atom is -0.481 e. The van der Waals surface area contributed by atoms with Crippen molar-refractivity contribution in [3.63, 3.8) is 0 Å². The number of hydrogen-bond acceptors (Lipinski definition) is 3. The molecule has 1 N–H and O–H groups in total. The molecule has 0 atom stereocenters. The van der Waals surface area contributed by atoms with Crippen molar-refractivity contribution in [2.45, 2.75) is 32.7 Å². The molecule has 1 heterocycles. The molecule has 2 aromatic rings. The molecule has 0 amide bonds. The van der Waals surface area contributed by atoms with Crippen molar-refractivity contribution < 1.29 is 4.74 Å². The lowest BCUT2D eigenvalue weighted by atomic mass is 10.1. The first-order valence-corrected chi connectivity index (χ1v) is 7.11. The molecular formula is C16H21N3O. The maximum Gasteiger partial charge on any atom is 0.216 e. The van der Waals surface area contributed by atoms with Crippen LogP contribution in [0.4, 0.5) is 5.69 Å². The minimum absolute atomic E-state index is 0.738. The van der Waals surface area contributed by atoms with Gasteiger partial charge in [-0.25, -0.2) is 4.68 Å². The smallest absolute Gasteiger partial charge is 0.216 e. The van der Waals surface area contributed by atoms with Crippen molar-refractivity contribution in [2.75, 3.05) is 12.4 Å². The SMILES string of the molecule is COc1c(CNc2ccc3c(c2)CCC3)c(C)nn1C. The summed E-state index contributed by atoms with van der Waals surface area (Å²) in [5, 5.41) is 7.89. The molecule has 4 heteroatoms. The molecule has 0 aliphatic heterocycles. The normalized spacial score (nSPS) is 13.3. The first-order valence-electron chi connectivity index (χ1n) is 7.11. The third kappa shape index (κ3) is 2.26. The summed E-state index contributed by atoms with van der Waals surface area (Å²) in [5.74, 6) is 0.830. The topological polar surface area (TPSA) is 39.1 Å². The summed E-state index contributed by atoms with van der Waals surface area (Å²) in [7, 11) is 3.60. The highest BCUT2D eigenvalue weighted by atomic mass is 16.5. The Morgan fingerprint density at radius 3 is 2.90 bits per heavy atom. The van der Waals surface area contributed by atoms with Crippen LogP contribution in [-0.4, -0.2) is 16.9 Å². The molecule has 0 saturated heterocycles. The van der Waals surface area contributed by atoms with E-state index in [1.165, 1.54) is 36.1 Å². The number of rotatable bonds is 4. The van der Waals surface area contributed by atoms with Crippen LogP contribution in [0.5, 0.6) is 5.88 Å². The summed E-state index contributed by atoms with van der Waals surface area (Å²) in [6.45, 7) is 2.75. The summed E-state index contributed by atoms with van der Waals surface area (Å²) >= 11 is 0. The highest BCUT2D eigenvalue weighted by molar-refractivity contribution is 5.51. The van der Waals surface area contributed by atoms with Gasteiger partial charge in [-0.3, -0.25) is 0 Å². The van der Waals surface area contributed by atoms with Gasteiger partial charge in [0.1, 0.15) is 0 Å². The van der Waals surface area contributed by atoms with E-state index in [-0.39, 0.29) is 0 Å². The molecule has 1 aromatic heterocycles. The Morgan fingerprint density at radius 1 is 1.30 bits per heavy atom. The molecule has 106 valence electrons. The molecule has 20 heavy (non-hydrogen) atoms. The van der Waals surface area contributed by atoms with Crippen LogP contribution in [0.1, 0.15) is 28.8 Å². The van der Waals surface area contributed by atoms with E-state index in [4.69, 9.17) is 4.74 Å². The number of benzene rings is 1. The largest absolute Gasteiger partial charge is 0.481 e. The number of methoxy groups -OCH3 is 1. The van der Waals surface area contributed by atoms with Crippen LogP contribution in [0.3, 0.4) is 0 Å². The fourth-order valence-corrected chi connectivity index (χ4v) is 3.01. The zero-order valence-corrected chi connectivity index (χ0v) is 12.4. The molecule has 1 aromatic carbocycles. The average molecular weight is 271 g/mol. The van der Waals surface area contributed by atoms with Gasteiger partial charge >= 0.3 is 0 Å². The van der Waals surface area contributed by atoms with Gasteiger partial charge in [0.2, 0.25) is 5.88 Å². The van der Waals surface area contributed by atoms with E-state index in [2.05, 4.69) is 28.6 Å². The second-order valence-electron chi connectivity index (χ2n) is 5.39. The molecular weight excluding hydrogens is 250 g/mol. The Kier molecular flexibility index (Phi) is 3.38. The summed E-state index contributed by atoms with van der Waals surface area (Å²) < 4.78 is 7.21. The van der Waals surface area contributed by atoms with E-state index in [1.54, 1.807) is 11.8 Å². The standard InChI is InChI=1S/C16H21N3O/c1-11-15(16(20-3)19(2)18-11)10-17-14-8-7-12-5-4-6-13(12)9-14/h7-9,17H,4-6,10H2,1-3H3. The van der Waals surface area contributed by atoms with Gasteiger partial charge in [-0.15, -0.1) is 0 Å². The number of fused-ring (bicyclic) bond motifs is 1. The Hall–Kier alpha value is -1.97. The van der Waals surface area contributed by atoms with E-state index in [0.29, 0.717) is 0 Å². The number of nitrogens with one attached hydrogen (secondary N) is 1. The highest BCUT2D eigenvalue weighted by Crippen LogP contribution is 2.26. The van der Waals surface area contributed by atoms with Crippen molar-refractivity contribution in [1.82, 2.24) is 9.78 Å². The second kappa shape index (κ2) is 5.19. The monoisotopic (exact) mass is 271 g/mol. The fraction of sp³-hybridized carbons (Fsp3) is 0.438. The van der Waals surface area contributed by atoms with E-state index in [9.17, 15) is 0 Å². The van der Waals surface area contributed by atoms with Crippen molar-refractivity contribution in [3.05, 3.63) is 40.6 Å². The summed E-state index contributed by atoms with van der Waals surface area (Å²) in [6, 6.07) is 6.70. The van der Waals surface area contributed by atoms with Gasteiger partial charge in [0.25, 0.3) is 0 Å². The van der Waals surface area contributed by atoms with Gasteiger partial charge in [0, 0.05) is 19.3 Å². The van der Waals surface area contributed by atoms with Crippen molar-refractivity contribution in [1.29, 1.82) is 0 Å². The van der Waals surface area contributed by atoms with Crippen molar-refractivity contribution in [2.24, 2.45) is 7.05 Å². The Morgan fingerprint density at radius 2 is 2.10 bits per heavy atom. The van der Waals surface area contributed by atoms with E-state index < -0.39 is 0 Å². The van der Waals surface area contributed by atoms with Gasteiger partial charge in [-0.05, 0) is 49.4 Å². The molecule has 0 saturated carbocycles. The summed E-state index contributed by atoms with van der Waals surface area (Å²) in [5.41, 5.74) is 6.31. The number of aromatic nitrogens is 2. The number of anilines is 1. The lowest BCUT2D eigenvalue weighted by molar-refractivity contribution is 0.370. The summed E-state index contributed by atoms with van der Waals surface area (Å²) in [4.78, 5) is 0. The van der Waals surface area contributed by atoms with Gasteiger partial charge in [-0.1, -0.05) is 6.07 Å². The van der Waals surface area contributed by atoms with Crippen LogP contribution in [0.15, 0.2) is 18.2 Å². The van der Waals surface area contributed by atoms with E-state index >= 15 is 0 Å². The quantitative estimate of drug-likeness (QED) is 0.929. The number of ether oxygens (including phenoxy) is 1. The van der Waals surface area contributed by atoms with Gasteiger partial charge in [0.05, 0.1) is 18.4 Å². The first-order chi connectivity index (χ1) is 9.69. The van der Waals surface area contributed by atoms with Crippen molar-refractivity contribution in [3.8, 4) is 5.88 Å². The molecule has 0 spiro atoms. The number of aryl methyl sites for hydroxylation is 4. The maximum absolute atomic E-state index is 5.42. The van der Waals surface area contributed by atoms with Crippen molar-refractivity contribution >= 4 is 5.69 Å². The molecule has 4 nitrogen and oxygen atoms in total. The fourth-order valence-electron chi connectivity index (χ4n) is 3.01. The van der Waals surface area contributed by atoms with Crippen LogP contribution >= 0.6 is 0 Å². The molecule has 0 fully saturated rings.